The van der Waals surface area contributed by atoms with Gasteiger partial charge in [0.1, 0.15) is 83.5 Å². The van der Waals surface area contributed by atoms with Crippen LogP contribution in [0.15, 0.2) is 39.5 Å². The highest BCUT2D eigenvalue weighted by atomic mass is 16.8. The van der Waals surface area contributed by atoms with Gasteiger partial charge in [0, 0.05) is 17.7 Å². The Morgan fingerprint density at radius 1 is 0.667 bits per heavy atom. The molecule has 15 atom stereocenters. The van der Waals surface area contributed by atoms with Crippen LogP contribution in [0.3, 0.4) is 0 Å². The zero-order valence-electron chi connectivity index (χ0n) is 28.0. The summed E-state index contributed by atoms with van der Waals surface area (Å²) in [6.07, 6.45) is -26.6. The van der Waals surface area contributed by atoms with E-state index in [0.29, 0.717) is 0 Å². The van der Waals surface area contributed by atoms with Crippen LogP contribution in [0.25, 0.3) is 22.3 Å². The minimum Gasteiger partial charge on any atom is -0.508 e. The van der Waals surface area contributed by atoms with E-state index < -0.39 is 151 Å². The van der Waals surface area contributed by atoms with Gasteiger partial charge in [-0.15, -0.1) is 0 Å². The molecule has 3 aliphatic rings. The summed E-state index contributed by atoms with van der Waals surface area (Å²) in [6, 6.07) is 5.00. The fourth-order valence-electron chi connectivity index (χ4n) is 6.30. The highest BCUT2D eigenvalue weighted by Gasteiger charge is 2.52. The molecule has 1 aromatic heterocycles. The average molecular weight is 773 g/mol. The lowest BCUT2D eigenvalue weighted by atomic mass is 9.97. The van der Waals surface area contributed by atoms with Crippen LogP contribution in [0.5, 0.6) is 28.7 Å². The number of phenolic OH excluding ortho intramolecular Hbond substituents is 4. The molecule has 13 N–H and O–H groups in total. The number of rotatable bonds is 9. The van der Waals surface area contributed by atoms with Gasteiger partial charge in [-0.25, -0.2) is 0 Å². The number of aliphatic hydroxyl groups excluding tert-OH is 9. The lowest BCUT2D eigenvalue weighted by Crippen LogP contribution is -2.65. The zero-order valence-corrected chi connectivity index (χ0v) is 28.0. The Morgan fingerprint density at radius 2 is 1.31 bits per heavy atom. The Balaban J connectivity index is 1.40. The number of aliphatic hydroxyl groups is 9. The van der Waals surface area contributed by atoms with Crippen LogP contribution >= 0.6 is 0 Å². The molecule has 298 valence electrons. The highest BCUT2D eigenvalue weighted by Crippen LogP contribution is 2.40. The first-order chi connectivity index (χ1) is 25.5. The maximum Gasteiger partial charge on any atom is 0.239 e. The second-order valence-electron chi connectivity index (χ2n) is 13.1. The molecule has 6 unspecified atom stereocenters. The first-order valence-electron chi connectivity index (χ1n) is 16.5. The zero-order chi connectivity index (χ0) is 39.3. The Bertz CT molecular complexity index is 1850. The SMILES string of the molecule is CC1O[C@@H](OCC2O[C@@H](Oc3c(-c4ccc(O)c(O)c4)oc4cc(O)cc(O)c4c3=O)C(O[C@@H]3OC(CO)[C@@H](O)[C@@H](O)C3O)[C@H](O)[C@H]2O)C(O)[C@@H](O)[C@H]1O. The molecule has 0 bridgehead atoms. The van der Waals surface area contributed by atoms with E-state index in [2.05, 4.69) is 0 Å². The Hall–Kier alpha value is -3.91. The van der Waals surface area contributed by atoms with Crippen LogP contribution in [-0.4, -0.2) is 172 Å². The molecule has 2 aromatic carbocycles. The van der Waals surface area contributed by atoms with Crippen LogP contribution in [0.2, 0.25) is 0 Å². The van der Waals surface area contributed by atoms with E-state index in [-0.39, 0.29) is 11.1 Å². The van der Waals surface area contributed by atoms with E-state index in [4.69, 9.17) is 32.8 Å². The van der Waals surface area contributed by atoms with E-state index in [9.17, 15) is 71.2 Å². The van der Waals surface area contributed by atoms with Gasteiger partial charge in [0.2, 0.25) is 17.5 Å². The largest absolute Gasteiger partial charge is 0.508 e. The maximum atomic E-state index is 14.1. The summed E-state index contributed by atoms with van der Waals surface area (Å²) in [5, 5.41) is 135. The predicted octanol–water partition coefficient (Wildman–Crippen LogP) is -3.86. The number of phenols is 4. The molecule has 0 radical (unpaired) electrons. The van der Waals surface area contributed by atoms with Crippen molar-refractivity contribution in [1.29, 1.82) is 0 Å². The third kappa shape index (κ3) is 7.39. The van der Waals surface area contributed by atoms with Gasteiger partial charge in [0.25, 0.3) is 0 Å². The third-order valence-corrected chi connectivity index (χ3v) is 9.41. The monoisotopic (exact) mass is 772 g/mol. The second-order valence-corrected chi connectivity index (χ2v) is 13.1. The van der Waals surface area contributed by atoms with E-state index in [0.717, 1.165) is 24.3 Å². The standard InChI is InChI=1S/C33H40O21/c1-9-19(39)23(43)26(46)31(49-9)48-8-17-21(41)25(45)30(54-32-27(47)24(44)20(40)16(7-34)51-32)33(52-17)53-29-22(42)18-14(38)5-11(35)6-15(18)50-28(29)10-2-3-12(36)13(37)4-10/h2-6,9,16-17,19-21,23-27,30-41,43-47H,7-8H2,1H3/t9?,16?,17?,19-,20+,21-,23-,24+,25+,26?,27?,30?,31+,32-,33-/m0/s1. The van der Waals surface area contributed by atoms with E-state index >= 15 is 0 Å². The number of aromatic hydroxyl groups is 4. The fourth-order valence-corrected chi connectivity index (χ4v) is 6.30. The fraction of sp³-hybridized carbons (Fsp3) is 0.545. The number of fused-ring (bicyclic) bond motifs is 1. The summed E-state index contributed by atoms with van der Waals surface area (Å²) in [5.41, 5.74) is -1.62. The number of ether oxygens (including phenoxy) is 6. The first-order valence-corrected chi connectivity index (χ1v) is 16.5. The molecule has 21 nitrogen and oxygen atoms in total. The van der Waals surface area contributed by atoms with E-state index in [1.54, 1.807) is 0 Å². The smallest absolute Gasteiger partial charge is 0.239 e. The number of benzene rings is 2. The van der Waals surface area contributed by atoms with Gasteiger partial charge >= 0.3 is 0 Å². The van der Waals surface area contributed by atoms with Gasteiger partial charge in [-0.2, -0.15) is 0 Å². The van der Waals surface area contributed by atoms with E-state index in [1.807, 2.05) is 0 Å². The quantitative estimate of drug-likeness (QED) is 0.0925. The van der Waals surface area contributed by atoms with Crippen molar-refractivity contribution in [2.75, 3.05) is 13.2 Å². The summed E-state index contributed by atoms with van der Waals surface area (Å²) < 4.78 is 39.8. The summed E-state index contributed by atoms with van der Waals surface area (Å²) >= 11 is 0. The molecule has 0 spiro atoms. The van der Waals surface area contributed by atoms with Crippen molar-refractivity contribution in [3.8, 4) is 40.1 Å². The molecule has 6 rings (SSSR count). The molecule has 0 saturated carbocycles. The normalized spacial score (nSPS) is 37.3. The number of hydrogen-bond acceptors (Lipinski definition) is 21. The lowest BCUT2D eigenvalue weighted by Gasteiger charge is -2.46. The summed E-state index contributed by atoms with van der Waals surface area (Å²) in [5.74, 6) is -3.82. The molecule has 3 fully saturated rings. The maximum absolute atomic E-state index is 14.1. The van der Waals surface area contributed by atoms with Crippen molar-refractivity contribution < 1.29 is 99.2 Å². The van der Waals surface area contributed by atoms with Gasteiger partial charge in [-0.1, -0.05) is 0 Å². The molecule has 54 heavy (non-hydrogen) atoms. The van der Waals surface area contributed by atoms with Crippen LogP contribution in [0.1, 0.15) is 6.92 Å². The first kappa shape index (κ1) is 39.8. The highest BCUT2D eigenvalue weighted by molar-refractivity contribution is 5.88. The van der Waals surface area contributed by atoms with Gasteiger partial charge in [0.05, 0.1) is 19.3 Å². The summed E-state index contributed by atoms with van der Waals surface area (Å²) in [4.78, 5) is 14.1. The van der Waals surface area contributed by atoms with Crippen molar-refractivity contribution in [3.05, 3.63) is 40.6 Å². The Kier molecular flexibility index (Phi) is 11.5. The van der Waals surface area contributed by atoms with Crippen LogP contribution in [-0.2, 0) is 23.7 Å². The lowest BCUT2D eigenvalue weighted by molar-refractivity contribution is -0.362. The Labute approximate surface area is 303 Å². The van der Waals surface area contributed by atoms with Crippen LogP contribution < -0.4 is 10.2 Å². The van der Waals surface area contributed by atoms with Crippen molar-refractivity contribution in [2.45, 2.75) is 99.0 Å². The van der Waals surface area contributed by atoms with Crippen molar-refractivity contribution in [1.82, 2.24) is 0 Å². The number of hydrogen-bond donors (Lipinski definition) is 13. The minimum absolute atomic E-state index is 0.122. The third-order valence-electron chi connectivity index (χ3n) is 9.41. The van der Waals surface area contributed by atoms with Crippen LogP contribution in [0.4, 0.5) is 0 Å². The minimum atomic E-state index is -2.10. The summed E-state index contributed by atoms with van der Waals surface area (Å²) in [6.45, 7) is -0.209. The van der Waals surface area contributed by atoms with Crippen molar-refractivity contribution in [2.24, 2.45) is 0 Å². The molecule has 21 heteroatoms. The molecular weight excluding hydrogens is 732 g/mol. The molecule has 4 heterocycles. The average Bonchev–Trinajstić information content (AvgIpc) is 3.13. The van der Waals surface area contributed by atoms with Crippen molar-refractivity contribution >= 4 is 11.0 Å². The van der Waals surface area contributed by atoms with Crippen molar-refractivity contribution in [3.63, 3.8) is 0 Å². The molecule has 3 saturated heterocycles. The topological polar surface area (TPSA) is 349 Å². The van der Waals surface area contributed by atoms with Gasteiger partial charge in [0.15, 0.2) is 35.9 Å². The Morgan fingerprint density at radius 3 is 2.00 bits per heavy atom. The van der Waals surface area contributed by atoms with Crippen LogP contribution in [0, 0.1) is 0 Å². The van der Waals surface area contributed by atoms with Gasteiger partial charge in [-0.05, 0) is 25.1 Å². The molecule has 3 aromatic rings. The molecule has 0 aliphatic carbocycles. The predicted molar refractivity (Wildman–Crippen MR) is 173 cm³/mol. The van der Waals surface area contributed by atoms with Gasteiger partial charge in [-0.3, -0.25) is 4.79 Å². The second kappa shape index (κ2) is 15.7. The molecule has 0 amide bonds. The summed E-state index contributed by atoms with van der Waals surface area (Å²) in [7, 11) is 0. The van der Waals surface area contributed by atoms with Gasteiger partial charge < -0.3 is 99.2 Å². The molecule has 3 aliphatic heterocycles. The molecular formula is C33H40O21. The van der Waals surface area contributed by atoms with E-state index in [1.165, 1.54) is 13.0 Å².